The summed E-state index contributed by atoms with van der Waals surface area (Å²) in [4.78, 5) is 22.1. The molecule has 0 saturated carbocycles. The molecule has 0 atom stereocenters. The number of carbonyl (C=O) groups is 1. The summed E-state index contributed by atoms with van der Waals surface area (Å²) in [5.74, 6) is 0.964. The predicted molar refractivity (Wildman–Crippen MR) is 92.4 cm³/mol. The number of benzene rings is 1. The van der Waals surface area contributed by atoms with Crippen molar-refractivity contribution >= 4 is 17.5 Å². The van der Waals surface area contributed by atoms with Crippen LogP contribution in [0.15, 0.2) is 30.6 Å². The van der Waals surface area contributed by atoms with E-state index >= 15 is 0 Å². The molecule has 1 aromatic carbocycles. The Labute approximate surface area is 140 Å². The first-order chi connectivity index (χ1) is 11.6. The molecule has 1 amide bonds. The van der Waals surface area contributed by atoms with Crippen molar-refractivity contribution in [3.63, 3.8) is 0 Å². The summed E-state index contributed by atoms with van der Waals surface area (Å²) >= 11 is 0. The van der Waals surface area contributed by atoms with Crippen molar-refractivity contribution in [2.45, 2.75) is 12.8 Å². The maximum atomic E-state index is 11.5. The highest BCUT2D eigenvalue weighted by atomic mass is 16.3. The molecule has 0 aliphatic carbocycles. The Morgan fingerprint density at radius 2 is 2.04 bits per heavy atom. The third-order valence-electron chi connectivity index (χ3n) is 4.46. The number of nitrogens with zero attached hydrogens (tertiary/aromatic N) is 3. The number of rotatable bonds is 4. The van der Waals surface area contributed by atoms with Gasteiger partial charge in [-0.3, -0.25) is 4.79 Å². The van der Waals surface area contributed by atoms with E-state index in [9.17, 15) is 9.90 Å². The predicted octanol–water partition coefficient (Wildman–Crippen LogP) is 1.03. The number of amides is 1. The van der Waals surface area contributed by atoms with Crippen molar-refractivity contribution in [1.29, 1.82) is 0 Å². The molecule has 1 aliphatic rings. The van der Waals surface area contributed by atoms with Gasteiger partial charge in [-0.2, -0.15) is 0 Å². The molecule has 1 fully saturated rings. The second-order valence-electron chi connectivity index (χ2n) is 6.02. The molecule has 3 rings (SSSR count). The van der Waals surface area contributed by atoms with Crippen LogP contribution in [0.2, 0.25) is 0 Å². The molecule has 0 unspecified atom stereocenters. The number of aliphatic hydroxyl groups is 1. The van der Waals surface area contributed by atoms with Gasteiger partial charge in [0.2, 0.25) is 5.91 Å². The Morgan fingerprint density at radius 3 is 2.71 bits per heavy atom. The lowest BCUT2D eigenvalue weighted by molar-refractivity contribution is 0.100. The Balaban J connectivity index is 1.99. The second-order valence-corrected chi connectivity index (χ2v) is 6.02. The lowest BCUT2D eigenvalue weighted by atomic mass is 9.96. The molecular formula is C17H21N5O2. The molecule has 2 heterocycles. The van der Waals surface area contributed by atoms with Crippen LogP contribution in [0.1, 0.15) is 23.2 Å². The smallest absolute Gasteiger partial charge is 0.248 e. The summed E-state index contributed by atoms with van der Waals surface area (Å²) in [6.45, 7) is 1.81. The number of piperidine rings is 1. The number of hydrogen-bond donors (Lipinski definition) is 3. The summed E-state index contributed by atoms with van der Waals surface area (Å²) in [6.07, 6.45) is 3.26. The Kier molecular flexibility index (Phi) is 4.61. The van der Waals surface area contributed by atoms with Gasteiger partial charge >= 0.3 is 0 Å². The lowest BCUT2D eigenvalue weighted by Gasteiger charge is -2.33. The summed E-state index contributed by atoms with van der Waals surface area (Å²) in [6, 6.07) is 7.01. The normalized spacial score (nSPS) is 15.5. The standard InChI is InChI=1S/C17H21N5O2/c18-15-14(12-2-1-3-13(8-12)16(19)24)17(21-10-20-15)22-6-4-11(9-23)5-7-22/h1-3,8,10-11,23H,4-7,9H2,(H2,19,24)(H2,18,20,21). The van der Waals surface area contributed by atoms with Crippen LogP contribution in [0.3, 0.4) is 0 Å². The number of primary amides is 1. The average Bonchev–Trinajstić information content (AvgIpc) is 2.61. The average molecular weight is 327 g/mol. The van der Waals surface area contributed by atoms with E-state index < -0.39 is 5.91 Å². The third kappa shape index (κ3) is 3.16. The fourth-order valence-corrected chi connectivity index (χ4v) is 3.06. The monoisotopic (exact) mass is 327 g/mol. The first kappa shape index (κ1) is 16.2. The molecule has 7 heteroatoms. The topological polar surface area (TPSA) is 118 Å². The van der Waals surface area contributed by atoms with E-state index in [2.05, 4.69) is 14.9 Å². The molecule has 0 spiro atoms. The number of hydrogen-bond acceptors (Lipinski definition) is 6. The van der Waals surface area contributed by atoms with E-state index in [4.69, 9.17) is 11.5 Å². The largest absolute Gasteiger partial charge is 0.396 e. The van der Waals surface area contributed by atoms with E-state index in [-0.39, 0.29) is 6.61 Å². The molecule has 2 aromatic rings. The maximum absolute atomic E-state index is 11.5. The van der Waals surface area contributed by atoms with Crippen molar-refractivity contribution in [2.24, 2.45) is 11.7 Å². The molecule has 0 bridgehead atoms. The minimum atomic E-state index is -0.488. The first-order valence-corrected chi connectivity index (χ1v) is 7.96. The second kappa shape index (κ2) is 6.84. The fourth-order valence-electron chi connectivity index (χ4n) is 3.06. The van der Waals surface area contributed by atoms with Gasteiger partial charge < -0.3 is 21.5 Å². The van der Waals surface area contributed by atoms with Gasteiger partial charge in [0.25, 0.3) is 0 Å². The van der Waals surface area contributed by atoms with Crippen molar-refractivity contribution in [3.8, 4) is 11.1 Å². The quantitative estimate of drug-likeness (QED) is 0.772. The molecular weight excluding hydrogens is 306 g/mol. The minimum Gasteiger partial charge on any atom is -0.396 e. The van der Waals surface area contributed by atoms with E-state index in [0.717, 1.165) is 37.3 Å². The molecule has 24 heavy (non-hydrogen) atoms. The highest BCUT2D eigenvalue weighted by molar-refractivity contribution is 5.95. The molecule has 5 N–H and O–H groups in total. The molecule has 0 radical (unpaired) electrons. The Morgan fingerprint density at radius 1 is 1.29 bits per heavy atom. The van der Waals surface area contributed by atoms with Crippen molar-refractivity contribution in [3.05, 3.63) is 36.2 Å². The zero-order chi connectivity index (χ0) is 17.1. The maximum Gasteiger partial charge on any atom is 0.248 e. The minimum absolute atomic E-state index is 0.216. The zero-order valence-electron chi connectivity index (χ0n) is 13.4. The summed E-state index contributed by atoms with van der Waals surface area (Å²) in [5, 5.41) is 9.30. The zero-order valence-corrected chi connectivity index (χ0v) is 13.4. The van der Waals surface area contributed by atoms with Crippen LogP contribution in [-0.2, 0) is 0 Å². The molecule has 1 saturated heterocycles. The van der Waals surface area contributed by atoms with Gasteiger partial charge in [-0.05, 0) is 36.5 Å². The number of anilines is 2. The summed E-state index contributed by atoms with van der Waals surface area (Å²) in [5.41, 5.74) is 13.4. The number of aromatic nitrogens is 2. The highest BCUT2D eigenvalue weighted by Crippen LogP contribution is 2.35. The Hall–Kier alpha value is -2.67. The van der Waals surface area contributed by atoms with Gasteiger partial charge in [0.05, 0.1) is 5.56 Å². The van der Waals surface area contributed by atoms with Crippen molar-refractivity contribution in [2.75, 3.05) is 30.3 Å². The number of nitrogens with two attached hydrogens (primary N) is 2. The van der Waals surface area contributed by atoms with Crippen LogP contribution >= 0.6 is 0 Å². The molecule has 1 aliphatic heterocycles. The fraction of sp³-hybridized carbons (Fsp3) is 0.353. The van der Waals surface area contributed by atoms with Crippen molar-refractivity contribution < 1.29 is 9.90 Å². The molecule has 126 valence electrons. The third-order valence-corrected chi connectivity index (χ3v) is 4.46. The van der Waals surface area contributed by atoms with Gasteiger partial charge in [0.15, 0.2) is 0 Å². The van der Waals surface area contributed by atoms with Crippen LogP contribution in [-0.4, -0.2) is 40.7 Å². The highest BCUT2D eigenvalue weighted by Gasteiger charge is 2.23. The summed E-state index contributed by atoms with van der Waals surface area (Å²) < 4.78 is 0. The van der Waals surface area contributed by atoms with Crippen LogP contribution in [0.25, 0.3) is 11.1 Å². The van der Waals surface area contributed by atoms with Crippen LogP contribution in [0.5, 0.6) is 0 Å². The van der Waals surface area contributed by atoms with E-state index in [1.807, 2.05) is 6.07 Å². The number of nitrogen functional groups attached to an aromatic ring is 1. The van der Waals surface area contributed by atoms with E-state index in [0.29, 0.717) is 22.9 Å². The first-order valence-electron chi connectivity index (χ1n) is 7.96. The number of carbonyl (C=O) groups excluding carboxylic acids is 1. The van der Waals surface area contributed by atoms with Gasteiger partial charge in [-0.1, -0.05) is 12.1 Å². The molecule has 7 nitrogen and oxygen atoms in total. The van der Waals surface area contributed by atoms with Gasteiger partial charge in [-0.15, -0.1) is 0 Å². The van der Waals surface area contributed by atoms with E-state index in [1.165, 1.54) is 6.33 Å². The SMILES string of the molecule is NC(=O)c1cccc(-c2c(N)ncnc2N2CCC(CO)CC2)c1. The van der Waals surface area contributed by atoms with Crippen LogP contribution in [0.4, 0.5) is 11.6 Å². The van der Waals surface area contributed by atoms with Crippen LogP contribution < -0.4 is 16.4 Å². The summed E-state index contributed by atoms with van der Waals surface area (Å²) in [7, 11) is 0. The Bertz CT molecular complexity index is 742. The van der Waals surface area contributed by atoms with E-state index in [1.54, 1.807) is 18.2 Å². The number of aliphatic hydroxyl groups excluding tert-OH is 1. The van der Waals surface area contributed by atoms with Gasteiger partial charge in [0, 0.05) is 25.3 Å². The lowest BCUT2D eigenvalue weighted by Crippen LogP contribution is -2.35. The van der Waals surface area contributed by atoms with Gasteiger partial charge in [0.1, 0.15) is 18.0 Å². The van der Waals surface area contributed by atoms with Crippen molar-refractivity contribution in [1.82, 2.24) is 9.97 Å². The van der Waals surface area contributed by atoms with Crippen LogP contribution in [0, 0.1) is 5.92 Å². The van der Waals surface area contributed by atoms with Gasteiger partial charge in [-0.25, -0.2) is 9.97 Å². The molecule has 1 aromatic heterocycles.